The van der Waals surface area contributed by atoms with Gasteiger partial charge in [-0.1, -0.05) is 37.3 Å². The summed E-state index contributed by atoms with van der Waals surface area (Å²) in [6.45, 7) is 1.77. The van der Waals surface area contributed by atoms with Crippen LogP contribution in [0.4, 0.5) is 17.6 Å². The quantitative estimate of drug-likeness (QED) is 0.832. The van der Waals surface area contributed by atoms with Crippen molar-refractivity contribution in [3.63, 3.8) is 0 Å². The van der Waals surface area contributed by atoms with E-state index in [1.165, 1.54) is 18.2 Å². The summed E-state index contributed by atoms with van der Waals surface area (Å²) in [6, 6.07) is 10.6. The van der Waals surface area contributed by atoms with Crippen LogP contribution in [0.15, 0.2) is 48.5 Å². The van der Waals surface area contributed by atoms with Crippen molar-refractivity contribution in [2.75, 3.05) is 0 Å². The highest BCUT2D eigenvalue weighted by molar-refractivity contribution is 5.40. The van der Waals surface area contributed by atoms with Crippen molar-refractivity contribution in [2.24, 2.45) is 5.73 Å². The molecular weight excluding hydrogens is 282 g/mol. The summed E-state index contributed by atoms with van der Waals surface area (Å²) < 4.78 is 51.7. The zero-order chi connectivity index (χ0) is 15.7. The third kappa shape index (κ3) is 2.93. The van der Waals surface area contributed by atoms with Crippen LogP contribution in [-0.2, 0) is 11.7 Å². The summed E-state index contributed by atoms with van der Waals surface area (Å²) in [7, 11) is 0. The Morgan fingerprint density at radius 1 is 0.905 bits per heavy atom. The van der Waals surface area contributed by atoms with Crippen molar-refractivity contribution in [1.82, 2.24) is 0 Å². The standard InChI is InChI=1S/C16H15F4N/c1-2-15(21,13-5-3-4-6-14(13)17)11-7-9-12(10-8-11)16(18,19)20/h3-10H,2,21H2,1H3. The van der Waals surface area contributed by atoms with Crippen molar-refractivity contribution >= 4 is 0 Å². The first-order valence-electron chi connectivity index (χ1n) is 6.50. The van der Waals surface area contributed by atoms with Crippen molar-refractivity contribution in [1.29, 1.82) is 0 Å². The molecule has 0 saturated carbocycles. The van der Waals surface area contributed by atoms with Crippen LogP contribution in [0.25, 0.3) is 0 Å². The van der Waals surface area contributed by atoms with Gasteiger partial charge >= 0.3 is 6.18 Å². The van der Waals surface area contributed by atoms with Crippen LogP contribution in [0, 0.1) is 5.82 Å². The van der Waals surface area contributed by atoms with Gasteiger partial charge in [0.1, 0.15) is 5.82 Å². The molecule has 1 atom stereocenters. The van der Waals surface area contributed by atoms with Crippen LogP contribution in [0.1, 0.15) is 30.0 Å². The molecule has 21 heavy (non-hydrogen) atoms. The average Bonchev–Trinajstić information content (AvgIpc) is 2.46. The van der Waals surface area contributed by atoms with Crippen molar-refractivity contribution < 1.29 is 17.6 Å². The third-order valence-electron chi connectivity index (χ3n) is 3.64. The molecule has 2 rings (SSSR count). The zero-order valence-electron chi connectivity index (χ0n) is 11.4. The maximum atomic E-state index is 14.0. The molecule has 0 spiro atoms. The highest BCUT2D eigenvalue weighted by Crippen LogP contribution is 2.34. The van der Waals surface area contributed by atoms with E-state index in [-0.39, 0.29) is 5.56 Å². The normalized spacial score (nSPS) is 14.8. The number of halogens is 4. The molecule has 0 aliphatic rings. The van der Waals surface area contributed by atoms with Crippen LogP contribution >= 0.6 is 0 Å². The fourth-order valence-electron chi connectivity index (χ4n) is 2.33. The minimum absolute atomic E-state index is 0.271. The molecule has 1 nitrogen and oxygen atoms in total. The molecule has 0 fully saturated rings. The van der Waals surface area contributed by atoms with E-state index in [4.69, 9.17) is 5.73 Å². The lowest BCUT2D eigenvalue weighted by Crippen LogP contribution is -2.38. The van der Waals surface area contributed by atoms with Crippen molar-refractivity contribution in [3.05, 3.63) is 71.0 Å². The second kappa shape index (κ2) is 5.48. The second-order valence-corrected chi connectivity index (χ2v) is 4.88. The number of rotatable bonds is 3. The van der Waals surface area contributed by atoms with Gasteiger partial charge in [-0.3, -0.25) is 0 Å². The van der Waals surface area contributed by atoms with Crippen LogP contribution in [0.3, 0.4) is 0 Å². The van der Waals surface area contributed by atoms with Gasteiger partial charge in [0.05, 0.1) is 11.1 Å². The second-order valence-electron chi connectivity index (χ2n) is 4.88. The lowest BCUT2D eigenvalue weighted by atomic mass is 9.81. The lowest BCUT2D eigenvalue weighted by molar-refractivity contribution is -0.137. The first-order valence-corrected chi connectivity index (χ1v) is 6.50. The summed E-state index contributed by atoms with van der Waals surface area (Å²) >= 11 is 0. The van der Waals surface area contributed by atoms with Gasteiger partial charge in [0.2, 0.25) is 0 Å². The van der Waals surface area contributed by atoms with Gasteiger partial charge < -0.3 is 5.73 Å². The predicted molar refractivity (Wildman–Crippen MR) is 73.1 cm³/mol. The molecule has 2 N–H and O–H groups in total. The first-order chi connectivity index (χ1) is 9.79. The molecule has 0 heterocycles. The number of benzene rings is 2. The van der Waals surface area contributed by atoms with Gasteiger partial charge in [-0.05, 0) is 30.2 Å². The van der Waals surface area contributed by atoms with Crippen molar-refractivity contribution in [2.45, 2.75) is 25.1 Å². The molecule has 5 heteroatoms. The Morgan fingerprint density at radius 3 is 1.90 bits per heavy atom. The monoisotopic (exact) mass is 297 g/mol. The molecule has 0 bridgehead atoms. The van der Waals surface area contributed by atoms with Crippen LogP contribution in [0.5, 0.6) is 0 Å². The Balaban J connectivity index is 2.49. The Hall–Kier alpha value is -1.88. The number of alkyl halides is 3. The smallest absolute Gasteiger partial charge is 0.318 e. The topological polar surface area (TPSA) is 26.0 Å². The summed E-state index contributed by atoms with van der Waals surface area (Å²) in [5.74, 6) is -0.471. The fourth-order valence-corrected chi connectivity index (χ4v) is 2.33. The van der Waals surface area contributed by atoms with E-state index in [9.17, 15) is 17.6 Å². The Bertz CT molecular complexity index is 619. The zero-order valence-corrected chi connectivity index (χ0v) is 11.4. The Kier molecular flexibility index (Phi) is 4.05. The molecule has 0 aliphatic heterocycles. The van der Waals surface area contributed by atoms with E-state index in [0.29, 0.717) is 12.0 Å². The summed E-state index contributed by atoms with van der Waals surface area (Å²) in [5.41, 5.74) is 5.09. The number of nitrogens with two attached hydrogens (primary N) is 1. The summed E-state index contributed by atoms with van der Waals surface area (Å²) in [4.78, 5) is 0. The Morgan fingerprint density at radius 2 is 1.43 bits per heavy atom. The largest absolute Gasteiger partial charge is 0.416 e. The predicted octanol–water partition coefficient (Wildman–Crippen LogP) is 4.46. The fraction of sp³-hybridized carbons (Fsp3) is 0.250. The molecule has 0 aliphatic carbocycles. The highest BCUT2D eigenvalue weighted by Gasteiger charge is 2.33. The summed E-state index contributed by atoms with van der Waals surface area (Å²) in [5, 5.41) is 0. The number of hydrogen-bond donors (Lipinski definition) is 1. The van der Waals surface area contributed by atoms with E-state index in [2.05, 4.69) is 0 Å². The molecule has 0 aromatic heterocycles. The van der Waals surface area contributed by atoms with E-state index >= 15 is 0 Å². The molecule has 0 amide bonds. The molecular formula is C16H15F4N. The highest BCUT2D eigenvalue weighted by atomic mass is 19.4. The van der Waals surface area contributed by atoms with Gasteiger partial charge in [0.25, 0.3) is 0 Å². The van der Waals surface area contributed by atoms with E-state index in [1.54, 1.807) is 25.1 Å². The van der Waals surface area contributed by atoms with E-state index < -0.39 is 23.1 Å². The van der Waals surface area contributed by atoms with E-state index in [1.807, 2.05) is 0 Å². The minimum Gasteiger partial charge on any atom is -0.318 e. The lowest BCUT2D eigenvalue weighted by Gasteiger charge is -2.30. The number of hydrogen-bond acceptors (Lipinski definition) is 1. The maximum absolute atomic E-state index is 14.0. The third-order valence-corrected chi connectivity index (χ3v) is 3.64. The molecule has 0 radical (unpaired) electrons. The van der Waals surface area contributed by atoms with Gasteiger partial charge in [-0.15, -0.1) is 0 Å². The van der Waals surface area contributed by atoms with Gasteiger partial charge in [0, 0.05) is 5.56 Å². The molecule has 1 unspecified atom stereocenters. The molecule has 112 valence electrons. The van der Waals surface area contributed by atoms with Crippen LogP contribution < -0.4 is 5.73 Å². The summed E-state index contributed by atoms with van der Waals surface area (Å²) in [6.07, 6.45) is -4.04. The van der Waals surface area contributed by atoms with Gasteiger partial charge in [0.15, 0.2) is 0 Å². The average molecular weight is 297 g/mol. The van der Waals surface area contributed by atoms with Crippen LogP contribution in [-0.4, -0.2) is 0 Å². The Labute approximate surface area is 120 Å². The van der Waals surface area contributed by atoms with Gasteiger partial charge in [-0.25, -0.2) is 4.39 Å². The SMILES string of the molecule is CCC(N)(c1ccc(C(F)(F)F)cc1)c1ccccc1F. The maximum Gasteiger partial charge on any atom is 0.416 e. The van der Waals surface area contributed by atoms with Gasteiger partial charge in [-0.2, -0.15) is 13.2 Å². The van der Waals surface area contributed by atoms with E-state index in [0.717, 1.165) is 12.1 Å². The molecule has 2 aromatic rings. The molecule has 2 aromatic carbocycles. The van der Waals surface area contributed by atoms with Crippen molar-refractivity contribution in [3.8, 4) is 0 Å². The van der Waals surface area contributed by atoms with Crippen LogP contribution in [0.2, 0.25) is 0 Å². The first kappa shape index (κ1) is 15.5. The molecule has 0 saturated heterocycles. The minimum atomic E-state index is -4.40.